The fourth-order valence-electron chi connectivity index (χ4n) is 1.92. The predicted molar refractivity (Wildman–Crippen MR) is 81.2 cm³/mol. The monoisotopic (exact) mass is 282 g/mol. The molecule has 0 aliphatic heterocycles. The van der Waals surface area contributed by atoms with Crippen LogP contribution in [0, 0.1) is 0 Å². The summed E-state index contributed by atoms with van der Waals surface area (Å²) in [5.41, 5.74) is 2.36. The molecular formula is C16H14N2OS. The minimum atomic E-state index is 0.311. The molecule has 20 heavy (non-hydrogen) atoms. The Bertz CT molecular complexity index is 678. The van der Waals surface area contributed by atoms with Crippen LogP contribution < -0.4 is 0 Å². The number of phenolic OH excluding ortho intramolecular Hbond substituents is 1. The highest BCUT2D eigenvalue weighted by Gasteiger charge is 1.99. The van der Waals surface area contributed by atoms with E-state index in [-0.39, 0.29) is 0 Å². The van der Waals surface area contributed by atoms with Gasteiger partial charge < -0.3 is 9.67 Å². The Morgan fingerprint density at radius 2 is 1.95 bits per heavy atom. The van der Waals surface area contributed by atoms with Crippen molar-refractivity contribution >= 4 is 11.8 Å². The van der Waals surface area contributed by atoms with Crippen molar-refractivity contribution in [3.05, 3.63) is 72.8 Å². The second kappa shape index (κ2) is 5.84. The van der Waals surface area contributed by atoms with Gasteiger partial charge in [-0.15, -0.1) is 11.8 Å². The molecule has 0 aliphatic rings. The number of thioether (sulfide) groups is 1. The summed E-state index contributed by atoms with van der Waals surface area (Å²) in [4.78, 5) is 5.11. The fraction of sp³-hybridized carbons (Fsp3) is 0.0625. The first kappa shape index (κ1) is 12.8. The van der Waals surface area contributed by atoms with E-state index >= 15 is 0 Å². The molecule has 1 heterocycles. The summed E-state index contributed by atoms with van der Waals surface area (Å²) in [6.07, 6.45) is 5.48. The molecule has 0 amide bonds. The van der Waals surface area contributed by atoms with Gasteiger partial charge in [0.05, 0.1) is 6.33 Å². The van der Waals surface area contributed by atoms with Gasteiger partial charge in [-0.2, -0.15) is 0 Å². The number of imidazole rings is 1. The minimum absolute atomic E-state index is 0.311. The van der Waals surface area contributed by atoms with Gasteiger partial charge in [0.1, 0.15) is 5.75 Å². The van der Waals surface area contributed by atoms with Crippen molar-refractivity contribution in [3.8, 4) is 11.4 Å². The van der Waals surface area contributed by atoms with E-state index in [1.807, 2.05) is 22.9 Å². The Balaban J connectivity index is 1.67. The highest BCUT2D eigenvalue weighted by molar-refractivity contribution is 7.98. The number of aromatic nitrogens is 2. The Morgan fingerprint density at radius 1 is 1.10 bits per heavy atom. The number of hydrogen-bond donors (Lipinski definition) is 1. The smallest absolute Gasteiger partial charge is 0.116 e. The first-order chi connectivity index (χ1) is 9.81. The highest BCUT2D eigenvalue weighted by atomic mass is 32.2. The van der Waals surface area contributed by atoms with Gasteiger partial charge in [0.2, 0.25) is 0 Å². The number of rotatable bonds is 4. The SMILES string of the molecule is Oc1cccc(SCc2ccc(-n3ccnc3)cc2)c1. The summed E-state index contributed by atoms with van der Waals surface area (Å²) in [6.45, 7) is 0. The van der Waals surface area contributed by atoms with Crippen molar-refractivity contribution in [1.29, 1.82) is 0 Å². The van der Waals surface area contributed by atoms with Crippen LogP contribution in [0.5, 0.6) is 5.75 Å². The van der Waals surface area contributed by atoms with Crippen LogP contribution in [0.15, 0.2) is 72.1 Å². The van der Waals surface area contributed by atoms with E-state index in [1.54, 1.807) is 36.4 Å². The quantitative estimate of drug-likeness (QED) is 0.738. The lowest BCUT2D eigenvalue weighted by molar-refractivity contribution is 0.474. The first-order valence-electron chi connectivity index (χ1n) is 6.30. The molecule has 100 valence electrons. The van der Waals surface area contributed by atoms with Gasteiger partial charge in [-0.3, -0.25) is 0 Å². The maximum Gasteiger partial charge on any atom is 0.116 e. The van der Waals surface area contributed by atoms with Crippen LogP contribution in [0.3, 0.4) is 0 Å². The molecule has 4 heteroatoms. The topological polar surface area (TPSA) is 38.0 Å². The van der Waals surface area contributed by atoms with E-state index in [0.29, 0.717) is 5.75 Å². The maximum atomic E-state index is 9.43. The molecule has 0 spiro atoms. The number of benzene rings is 2. The zero-order chi connectivity index (χ0) is 13.8. The summed E-state index contributed by atoms with van der Waals surface area (Å²) in [6, 6.07) is 15.7. The average Bonchev–Trinajstić information content (AvgIpc) is 3.00. The van der Waals surface area contributed by atoms with Gasteiger partial charge in [-0.05, 0) is 35.9 Å². The molecule has 0 saturated carbocycles. The van der Waals surface area contributed by atoms with Gasteiger partial charge in [-0.1, -0.05) is 18.2 Å². The molecule has 2 aromatic carbocycles. The van der Waals surface area contributed by atoms with Crippen LogP contribution in [0.1, 0.15) is 5.56 Å². The van der Waals surface area contributed by atoms with E-state index < -0.39 is 0 Å². The van der Waals surface area contributed by atoms with Crippen LogP contribution in [-0.2, 0) is 5.75 Å². The molecule has 1 N–H and O–H groups in total. The summed E-state index contributed by atoms with van der Waals surface area (Å²) in [5.74, 6) is 1.19. The summed E-state index contributed by atoms with van der Waals surface area (Å²) in [5, 5.41) is 9.43. The van der Waals surface area contributed by atoms with Gasteiger partial charge in [-0.25, -0.2) is 4.98 Å². The lowest BCUT2D eigenvalue weighted by atomic mass is 10.2. The largest absolute Gasteiger partial charge is 0.508 e. The fourth-order valence-corrected chi connectivity index (χ4v) is 2.82. The molecule has 0 radical (unpaired) electrons. The first-order valence-corrected chi connectivity index (χ1v) is 7.29. The number of nitrogens with zero attached hydrogens (tertiary/aromatic N) is 2. The van der Waals surface area contributed by atoms with Gasteiger partial charge >= 0.3 is 0 Å². The van der Waals surface area contributed by atoms with E-state index in [0.717, 1.165) is 16.3 Å². The molecule has 0 atom stereocenters. The molecule has 0 bridgehead atoms. The van der Waals surface area contributed by atoms with Crippen LogP contribution in [0.25, 0.3) is 5.69 Å². The van der Waals surface area contributed by atoms with Crippen molar-refractivity contribution in [3.63, 3.8) is 0 Å². The molecule has 0 saturated heterocycles. The molecular weight excluding hydrogens is 268 g/mol. The van der Waals surface area contributed by atoms with Crippen molar-refractivity contribution in [2.24, 2.45) is 0 Å². The van der Waals surface area contributed by atoms with E-state index in [1.165, 1.54) is 5.56 Å². The average molecular weight is 282 g/mol. The van der Waals surface area contributed by atoms with Crippen LogP contribution in [-0.4, -0.2) is 14.7 Å². The molecule has 3 rings (SSSR count). The lowest BCUT2D eigenvalue weighted by Gasteiger charge is -2.05. The number of hydrogen-bond acceptors (Lipinski definition) is 3. The minimum Gasteiger partial charge on any atom is -0.508 e. The van der Waals surface area contributed by atoms with Crippen molar-refractivity contribution in [1.82, 2.24) is 9.55 Å². The Morgan fingerprint density at radius 3 is 2.65 bits per heavy atom. The van der Waals surface area contributed by atoms with E-state index in [9.17, 15) is 5.11 Å². The van der Waals surface area contributed by atoms with E-state index in [4.69, 9.17) is 0 Å². The van der Waals surface area contributed by atoms with Gasteiger partial charge in [0.15, 0.2) is 0 Å². The van der Waals surface area contributed by atoms with Crippen LogP contribution >= 0.6 is 11.8 Å². The molecule has 1 aromatic heterocycles. The Hall–Kier alpha value is -2.20. The van der Waals surface area contributed by atoms with Crippen LogP contribution in [0.2, 0.25) is 0 Å². The summed E-state index contributed by atoms with van der Waals surface area (Å²) < 4.78 is 1.98. The predicted octanol–water partition coefficient (Wildman–Crippen LogP) is 3.87. The van der Waals surface area contributed by atoms with Gasteiger partial charge in [0, 0.05) is 28.7 Å². The van der Waals surface area contributed by atoms with Crippen molar-refractivity contribution in [2.75, 3.05) is 0 Å². The van der Waals surface area contributed by atoms with Crippen molar-refractivity contribution in [2.45, 2.75) is 10.6 Å². The lowest BCUT2D eigenvalue weighted by Crippen LogP contribution is -1.90. The highest BCUT2D eigenvalue weighted by Crippen LogP contribution is 2.25. The number of phenols is 1. The third kappa shape index (κ3) is 3.03. The molecule has 3 nitrogen and oxygen atoms in total. The maximum absolute atomic E-state index is 9.43. The molecule has 0 fully saturated rings. The normalized spacial score (nSPS) is 10.6. The standard InChI is InChI=1S/C16H14N2OS/c19-15-2-1-3-16(10-15)20-11-13-4-6-14(7-5-13)18-9-8-17-12-18/h1-10,12,19H,11H2. The molecule has 0 aliphatic carbocycles. The van der Waals surface area contributed by atoms with E-state index in [2.05, 4.69) is 29.2 Å². The van der Waals surface area contributed by atoms with Crippen molar-refractivity contribution < 1.29 is 5.11 Å². The Labute approximate surface area is 121 Å². The zero-order valence-corrected chi connectivity index (χ0v) is 11.6. The van der Waals surface area contributed by atoms with Crippen LogP contribution in [0.4, 0.5) is 0 Å². The second-order valence-electron chi connectivity index (χ2n) is 4.42. The number of aromatic hydroxyl groups is 1. The molecule has 3 aromatic rings. The summed E-state index contributed by atoms with van der Waals surface area (Å²) in [7, 11) is 0. The third-order valence-corrected chi connectivity index (χ3v) is 4.03. The summed E-state index contributed by atoms with van der Waals surface area (Å²) >= 11 is 1.71. The third-order valence-electron chi connectivity index (χ3n) is 2.96. The molecule has 0 unspecified atom stereocenters. The van der Waals surface area contributed by atoms with Gasteiger partial charge in [0.25, 0.3) is 0 Å². The zero-order valence-electron chi connectivity index (χ0n) is 10.8. The Kier molecular flexibility index (Phi) is 3.74. The second-order valence-corrected chi connectivity index (χ2v) is 5.47.